The third-order valence-electron chi connectivity index (χ3n) is 10.3. The molecule has 0 fully saturated rings. The van der Waals surface area contributed by atoms with Crippen LogP contribution in [0.15, 0.2) is 108 Å². The highest BCUT2D eigenvalue weighted by molar-refractivity contribution is 6.18. The highest BCUT2D eigenvalue weighted by atomic mass is 16.5. The monoisotopic (exact) mass is 551 g/mol. The molecule has 9 heterocycles. The van der Waals surface area contributed by atoms with Crippen LogP contribution in [-0.4, -0.2) is 13.8 Å². The number of imidazole rings is 2. The van der Waals surface area contributed by atoms with Gasteiger partial charge in [-0.3, -0.25) is 0 Å². The van der Waals surface area contributed by atoms with Gasteiger partial charge in [-0.25, -0.2) is 4.98 Å². The fourth-order valence-corrected chi connectivity index (χ4v) is 9.07. The van der Waals surface area contributed by atoms with Gasteiger partial charge in [0.1, 0.15) is 28.1 Å². The van der Waals surface area contributed by atoms with Crippen LogP contribution in [0, 0.1) is 0 Å². The van der Waals surface area contributed by atoms with Gasteiger partial charge in [-0.05, 0) is 54.6 Å². The molecule has 0 N–H and O–H groups in total. The number of ether oxygens (including phenoxy) is 1. The van der Waals surface area contributed by atoms with E-state index in [2.05, 4.69) is 103 Å². The lowest BCUT2D eigenvalue weighted by molar-refractivity contribution is -0.923. The molecule has 4 aromatic carbocycles. The topological polar surface area (TPSA) is 51.8 Å². The Bertz CT molecular complexity index is 3050. The van der Waals surface area contributed by atoms with Gasteiger partial charge in [0, 0.05) is 28.4 Å². The largest absolute Gasteiger partial charge is 0.456 e. The number of hydrogen-bond acceptors (Lipinski definition) is 3. The van der Waals surface area contributed by atoms with Crippen molar-refractivity contribution in [1.29, 1.82) is 0 Å². The second-order valence-corrected chi connectivity index (χ2v) is 12.0. The first kappa shape index (κ1) is 20.0. The maximum absolute atomic E-state index is 6.89. The summed E-state index contributed by atoms with van der Waals surface area (Å²) in [4.78, 5) is 4.92. The molecular weight excluding hydrogens is 534 g/mol. The standard InChI is InChI=1S/C36H17N5O2/c1-2-8-22-18(6-1)19-11-13-26-30-28(19)33-38(22)23-9-3-4-10-24(23)40(33)36(30)31-27(43-26)14-12-20-21-7-5-16-37-32(21)39-34(29(20)31)41(36)25-15-17-42-35(25)39/h1-17H/q+2. The minimum Gasteiger partial charge on any atom is -0.456 e. The SMILES string of the molecule is c1ccc2c(c1)c1ccc3c4c1c1n2c2ccccc2[n+]1C41c2c(ccc4c5cccnc5n5c6occc6[n+]1c5c24)O3. The van der Waals surface area contributed by atoms with Crippen molar-refractivity contribution >= 4 is 77.0 Å². The van der Waals surface area contributed by atoms with Crippen LogP contribution in [0.25, 0.3) is 77.0 Å². The summed E-state index contributed by atoms with van der Waals surface area (Å²) >= 11 is 0. The molecule has 1 spiro atoms. The average Bonchev–Trinajstić information content (AvgIpc) is 3.84. The van der Waals surface area contributed by atoms with Crippen LogP contribution in [0.4, 0.5) is 0 Å². The van der Waals surface area contributed by atoms with Crippen molar-refractivity contribution in [3.63, 3.8) is 0 Å². The number of benzene rings is 4. The predicted molar refractivity (Wildman–Crippen MR) is 162 cm³/mol. The maximum Gasteiger partial charge on any atom is 0.344 e. The number of furan rings is 1. The van der Waals surface area contributed by atoms with Crippen molar-refractivity contribution in [1.82, 2.24) is 13.8 Å². The summed E-state index contributed by atoms with van der Waals surface area (Å²) in [5, 5.41) is 7.13. The highest BCUT2D eigenvalue weighted by Crippen LogP contribution is 2.58. The van der Waals surface area contributed by atoms with E-state index in [-0.39, 0.29) is 0 Å². The fraction of sp³-hybridized carbons (Fsp3) is 0.0278. The number of hydrogen-bond donors (Lipinski definition) is 0. The number of pyridine rings is 3. The zero-order chi connectivity index (χ0) is 27.3. The van der Waals surface area contributed by atoms with Crippen molar-refractivity contribution < 1.29 is 18.3 Å². The molecule has 10 aromatic rings. The van der Waals surface area contributed by atoms with Crippen molar-refractivity contribution in [3.05, 3.63) is 115 Å². The number of nitrogens with zero attached hydrogens (tertiary/aromatic N) is 5. The Morgan fingerprint density at radius 1 is 0.605 bits per heavy atom. The molecule has 196 valence electrons. The molecule has 1 atom stereocenters. The van der Waals surface area contributed by atoms with Crippen molar-refractivity contribution in [2.24, 2.45) is 0 Å². The fourth-order valence-electron chi connectivity index (χ4n) is 9.07. The molecule has 43 heavy (non-hydrogen) atoms. The van der Waals surface area contributed by atoms with Gasteiger partial charge in [-0.2, -0.15) is 13.5 Å². The van der Waals surface area contributed by atoms with E-state index in [1.807, 2.05) is 12.3 Å². The Morgan fingerprint density at radius 3 is 2.16 bits per heavy atom. The maximum atomic E-state index is 6.89. The Kier molecular flexibility index (Phi) is 2.78. The van der Waals surface area contributed by atoms with Gasteiger partial charge >= 0.3 is 22.7 Å². The van der Waals surface area contributed by atoms with Crippen LogP contribution in [0.3, 0.4) is 0 Å². The molecule has 0 bridgehead atoms. The molecule has 13 rings (SSSR count). The summed E-state index contributed by atoms with van der Waals surface area (Å²) in [7, 11) is 0. The molecule has 0 saturated carbocycles. The molecule has 7 nitrogen and oxygen atoms in total. The van der Waals surface area contributed by atoms with Crippen LogP contribution in [0.2, 0.25) is 0 Å². The number of rotatable bonds is 0. The van der Waals surface area contributed by atoms with Gasteiger partial charge < -0.3 is 9.15 Å². The van der Waals surface area contributed by atoms with Gasteiger partial charge in [0.25, 0.3) is 0 Å². The Balaban J connectivity index is 1.45. The van der Waals surface area contributed by atoms with Gasteiger partial charge in [0.2, 0.25) is 11.2 Å². The molecule has 3 aliphatic heterocycles. The second kappa shape index (κ2) is 5.98. The van der Waals surface area contributed by atoms with Crippen LogP contribution >= 0.6 is 0 Å². The van der Waals surface area contributed by atoms with Crippen molar-refractivity contribution in [2.45, 2.75) is 5.66 Å². The zero-order valence-electron chi connectivity index (χ0n) is 22.4. The number of aromatic nitrogens is 5. The molecule has 1 unspecified atom stereocenters. The lowest BCUT2D eigenvalue weighted by atomic mass is 9.85. The Labute approximate surface area is 240 Å². The number of fused-ring (bicyclic) bond motifs is 12. The first-order valence-electron chi connectivity index (χ1n) is 14.6. The molecule has 7 heteroatoms. The summed E-state index contributed by atoms with van der Waals surface area (Å²) in [5.74, 6) is 1.78. The van der Waals surface area contributed by atoms with Gasteiger partial charge in [-0.1, -0.05) is 30.3 Å². The van der Waals surface area contributed by atoms with Gasteiger partial charge in [0.05, 0.1) is 22.4 Å². The van der Waals surface area contributed by atoms with E-state index in [1.165, 1.54) is 60.3 Å². The molecule has 0 radical (unpaired) electrons. The summed E-state index contributed by atoms with van der Waals surface area (Å²) < 4.78 is 23.0. The van der Waals surface area contributed by atoms with E-state index < -0.39 is 5.66 Å². The molecule has 3 aliphatic rings. The summed E-state index contributed by atoms with van der Waals surface area (Å²) in [6.45, 7) is 0. The third-order valence-corrected chi connectivity index (χ3v) is 10.3. The molecular formula is C36H17N5O2+2. The predicted octanol–water partition coefficient (Wildman–Crippen LogP) is 6.70. The summed E-state index contributed by atoms with van der Waals surface area (Å²) in [6.07, 6.45) is 3.67. The van der Waals surface area contributed by atoms with E-state index in [4.69, 9.17) is 14.1 Å². The van der Waals surface area contributed by atoms with Crippen LogP contribution in [0.1, 0.15) is 11.1 Å². The van der Waals surface area contributed by atoms with E-state index in [1.54, 1.807) is 6.26 Å². The molecule has 6 aromatic heterocycles. The first-order chi connectivity index (χ1) is 21.4. The Morgan fingerprint density at radius 2 is 1.30 bits per heavy atom. The van der Waals surface area contributed by atoms with Crippen LogP contribution < -0.4 is 13.9 Å². The lowest BCUT2D eigenvalue weighted by Gasteiger charge is -2.30. The van der Waals surface area contributed by atoms with Crippen molar-refractivity contribution in [2.75, 3.05) is 0 Å². The molecule has 0 aliphatic carbocycles. The smallest absolute Gasteiger partial charge is 0.344 e. The second-order valence-electron chi connectivity index (χ2n) is 12.0. The minimum absolute atomic E-state index is 0.730. The molecule has 0 amide bonds. The van der Waals surface area contributed by atoms with Gasteiger partial charge in [0.15, 0.2) is 11.0 Å². The van der Waals surface area contributed by atoms with Crippen LogP contribution in [-0.2, 0) is 5.66 Å². The normalized spacial score (nSPS) is 17.6. The minimum atomic E-state index is -0.730. The Hall–Kier alpha value is -5.95. The first-order valence-corrected chi connectivity index (χ1v) is 14.6. The van der Waals surface area contributed by atoms with Crippen LogP contribution in [0.5, 0.6) is 11.5 Å². The third kappa shape index (κ3) is 1.74. The van der Waals surface area contributed by atoms with Gasteiger partial charge in [-0.15, -0.1) is 4.40 Å². The zero-order valence-corrected chi connectivity index (χ0v) is 22.4. The van der Waals surface area contributed by atoms with E-state index in [0.717, 1.165) is 39.4 Å². The van der Waals surface area contributed by atoms with E-state index >= 15 is 0 Å². The summed E-state index contributed by atoms with van der Waals surface area (Å²) in [5.41, 5.74) is 10.1. The van der Waals surface area contributed by atoms with Crippen molar-refractivity contribution in [3.8, 4) is 11.5 Å². The lowest BCUT2D eigenvalue weighted by Crippen LogP contribution is -2.71. The average molecular weight is 552 g/mol. The van der Waals surface area contributed by atoms with E-state index in [0.29, 0.717) is 0 Å². The highest BCUT2D eigenvalue weighted by Gasteiger charge is 2.67. The summed E-state index contributed by atoms with van der Waals surface area (Å²) in [6, 6.07) is 32.6. The molecule has 0 saturated heterocycles. The van der Waals surface area contributed by atoms with E-state index in [9.17, 15) is 0 Å². The number of para-hydroxylation sites is 3. The quantitative estimate of drug-likeness (QED) is 0.156.